The van der Waals surface area contributed by atoms with E-state index in [0.29, 0.717) is 0 Å². The van der Waals surface area contributed by atoms with Gasteiger partial charge in [0.15, 0.2) is 0 Å². The first-order valence-electron chi connectivity index (χ1n) is 10.2. The molecule has 0 aliphatic carbocycles. The molecule has 0 fully saturated rings. The van der Waals surface area contributed by atoms with Crippen LogP contribution in [0.15, 0.2) is 60.7 Å². The maximum atomic E-state index is 8.65. The van der Waals surface area contributed by atoms with Crippen molar-refractivity contribution in [2.24, 2.45) is 0 Å². The fraction of sp³-hybridized carbons (Fsp3) is 0. The minimum absolute atomic E-state index is 0. The number of phenolic OH excluding ortho intramolecular Hbond substituents is 3. The van der Waals surface area contributed by atoms with Crippen molar-refractivity contribution in [3.8, 4) is 17.2 Å². The van der Waals surface area contributed by atoms with Crippen molar-refractivity contribution in [1.29, 1.82) is 0 Å². The molecule has 0 saturated heterocycles. The summed E-state index contributed by atoms with van der Waals surface area (Å²) < 4.78 is 0. The van der Waals surface area contributed by atoms with Crippen molar-refractivity contribution in [2.75, 3.05) is 0 Å². The Morgan fingerprint density at radius 2 is 0.912 bits per heavy atom. The third kappa shape index (κ3) is 5.56. The quantitative estimate of drug-likeness (QED) is 0.147. The number of hydrogen-bond donors (Lipinski definition) is 5. The van der Waals surface area contributed by atoms with Crippen LogP contribution in [0.4, 0.5) is 0 Å². The minimum atomic E-state index is -0.271. The predicted molar refractivity (Wildman–Crippen MR) is 129 cm³/mol. The monoisotopic (exact) mass is 491 g/mol. The van der Waals surface area contributed by atoms with Crippen LogP contribution in [0.3, 0.4) is 0 Å². The topological polar surface area (TPSA) is 118 Å². The van der Waals surface area contributed by atoms with Crippen molar-refractivity contribution < 1.29 is 32.4 Å². The molecule has 0 unspecified atom stereocenters. The van der Waals surface area contributed by atoms with Gasteiger partial charge in [-0.05, 0) is 72.8 Å². The first kappa shape index (κ1) is 22.9. The van der Waals surface area contributed by atoms with E-state index in [9.17, 15) is 0 Å². The van der Waals surface area contributed by atoms with Crippen LogP contribution in [-0.2, 0) is 17.1 Å². The molecule has 8 heteroatoms. The summed E-state index contributed by atoms with van der Waals surface area (Å²) in [4.78, 5) is 16.0. The van der Waals surface area contributed by atoms with E-state index in [-0.39, 0.29) is 34.3 Å². The van der Waals surface area contributed by atoms with Crippen LogP contribution in [0.2, 0.25) is 0 Å². The van der Waals surface area contributed by atoms with Crippen LogP contribution in [0.5, 0.6) is 17.2 Å². The van der Waals surface area contributed by atoms with E-state index in [1.807, 2.05) is 42.5 Å². The first-order valence-corrected chi connectivity index (χ1v) is 10.2. The fourth-order valence-corrected chi connectivity index (χ4v) is 3.47. The Balaban J connectivity index is 0.000000234. The number of hydrogen-bond acceptors (Lipinski definition) is 5. The van der Waals surface area contributed by atoms with E-state index >= 15 is 0 Å². The summed E-state index contributed by atoms with van der Waals surface area (Å²) in [5.41, 5.74) is 7.86. The SMILES string of the molecule is C1=Cc2cc3ccc(cc4ccc(cc5nc(cc1n2)C=C5)[nH]4)[nH]3.Oc1[c-]c(O)cc(O)c1.[Fe]. The molecule has 170 valence electrons. The molecule has 5 heterocycles. The van der Waals surface area contributed by atoms with Crippen LogP contribution in [0.1, 0.15) is 22.8 Å². The third-order valence-electron chi connectivity index (χ3n) is 4.87. The van der Waals surface area contributed by atoms with Gasteiger partial charge in [0, 0.05) is 56.4 Å². The van der Waals surface area contributed by atoms with Crippen molar-refractivity contribution >= 4 is 46.4 Å². The molecule has 5 N–H and O–H groups in total. The summed E-state index contributed by atoms with van der Waals surface area (Å²) in [7, 11) is 0. The van der Waals surface area contributed by atoms with Gasteiger partial charge in [-0.25, -0.2) is 9.97 Å². The molecule has 0 atom stereocenters. The molecule has 6 rings (SSSR count). The van der Waals surface area contributed by atoms with Gasteiger partial charge in [-0.3, -0.25) is 0 Å². The number of nitrogens with zero attached hydrogens (tertiary/aromatic N) is 2. The van der Waals surface area contributed by atoms with Gasteiger partial charge in [-0.1, -0.05) is 18.2 Å². The van der Waals surface area contributed by atoms with Crippen molar-refractivity contribution in [3.05, 3.63) is 89.5 Å². The zero-order valence-electron chi connectivity index (χ0n) is 17.7. The van der Waals surface area contributed by atoms with Crippen LogP contribution in [-0.4, -0.2) is 35.3 Å². The molecule has 8 bridgehead atoms. The Kier molecular flexibility index (Phi) is 6.54. The molecule has 1 aromatic carbocycles. The Morgan fingerprint density at radius 1 is 0.529 bits per heavy atom. The molecular weight excluding hydrogens is 472 g/mol. The molecule has 0 saturated carbocycles. The molecular formula is C26H19FeN4O3-. The number of phenols is 3. The molecule has 7 nitrogen and oxygen atoms in total. The minimum Gasteiger partial charge on any atom is -0.534 e. The Bertz CT molecular complexity index is 1430. The molecule has 0 amide bonds. The molecule has 4 aromatic rings. The van der Waals surface area contributed by atoms with E-state index in [1.54, 1.807) is 0 Å². The summed E-state index contributed by atoms with van der Waals surface area (Å²) >= 11 is 0. The standard InChI is InChI=1S/C20H14N4.C6H5O3.Fe/c1-2-14-10-16-5-6-18(23-16)12-20-8-7-19(24-20)11-17-4-3-15(22-17)9-13(1)21-14;7-4-1-5(8)3-6(9)2-4;/h1-12,21-22H;1-2,7-9H;/q;-1;. The summed E-state index contributed by atoms with van der Waals surface area (Å²) in [5.74, 6) is -0.719. The number of nitrogens with one attached hydrogen (secondary N) is 2. The van der Waals surface area contributed by atoms with Gasteiger partial charge in [0.25, 0.3) is 0 Å². The maximum absolute atomic E-state index is 8.65. The molecule has 34 heavy (non-hydrogen) atoms. The van der Waals surface area contributed by atoms with Gasteiger partial charge in [0.05, 0.1) is 22.8 Å². The second-order valence-electron chi connectivity index (χ2n) is 7.51. The molecule has 0 spiro atoms. The van der Waals surface area contributed by atoms with Gasteiger partial charge in [-0.15, -0.1) is 0 Å². The number of aromatic hydroxyl groups is 3. The third-order valence-corrected chi connectivity index (χ3v) is 4.87. The van der Waals surface area contributed by atoms with E-state index in [2.05, 4.69) is 56.3 Å². The molecule has 2 aliphatic heterocycles. The zero-order valence-corrected chi connectivity index (χ0v) is 18.8. The van der Waals surface area contributed by atoms with Gasteiger partial charge in [0.2, 0.25) is 0 Å². The van der Waals surface area contributed by atoms with E-state index in [0.717, 1.165) is 57.0 Å². The average Bonchev–Trinajstić information content (AvgIpc) is 3.53. The Labute approximate surface area is 205 Å². The van der Waals surface area contributed by atoms with Crippen molar-refractivity contribution in [1.82, 2.24) is 19.9 Å². The number of fused-ring (bicyclic) bond motifs is 8. The van der Waals surface area contributed by atoms with Crippen LogP contribution in [0.25, 0.3) is 46.4 Å². The predicted octanol–water partition coefficient (Wildman–Crippen LogP) is 5.26. The molecule has 0 radical (unpaired) electrons. The normalized spacial score (nSPS) is 11.4. The summed E-state index contributed by atoms with van der Waals surface area (Å²) in [6.45, 7) is 0. The zero-order chi connectivity index (χ0) is 22.8. The average molecular weight is 491 g/mol. The number of aromatic nitrogens is 4. The second-order valence-corrected chi connectivity index (χ2v) is 7.51. The van der Waals surface area contributed by atoms with E-state index < -0.39 is 0 Å². The van der Waals surface area contributed by atoms with Gasteiger partial charge < -0.3 is 25.3 Å². The van der Waals surface area contributed by atoms with Gasteiger partial charge >= 0.3 is 0 Å². The second kappa shape index (κ2) is 9.70. The Morgan fingerprint density at radius 3 is 1.32 bits per heavy atom. The number of benzene rings is 1. The summed E-state index contributed by atoms with van der Waals surface area (Å²) in [6, 6.07) is 20.7. The van der Waals surface area contributed by atoms with Crippen LogP contribution in [0, 0.1) is 6.07 Å². The summed E-state index contributed by atoms with van der Waals surface area (Å²) in [6.07, 6.45) is 8.05. The largest absolute Gasteiger partial charge is 0.534 e. The number of H-pyrrole nitrogens is 2. The smallest absolute Gasteiger partial charge is 0.0659 e. The first-order chi connectivity index (χ1) is 16.0. The Hall–Kier alpha value is -4.26. The van der Waals surface area contributed by atoms with Crippen LogP contribution < -0.4 is 0 Å². The fourth-order valence-electron chi connectivity index (χ4n) is 3.47. The molecule has 3 aromatic heterocycles. The van der Waals surface area contributed by atoms with Crippen molar-refractivity contribution in [2.45, 2.75) is 0 Å². The van der Waals surface area contributed by atoms with Crippen LogP contribution >= 0.6 is 0 Å². The number of aromatic amines is 2. The van der Waals surface area contributed by atoms with E-state index in [4.69, 9.17) is 15.3 Å². The molecule has 2 aliphatic rings. The number of rotatable bonds is 0. The summed E-state index contributed by atoms with van der Waals surface area (Å²) in [5, 5.41) is 25.9. The van der Waals surface area contributed by atoms with Gasteiger partial charge in [-0.2, -0.15) is 0 Å². The van der Waals surface area contributed by atoms with Gasteiger partial charge in [0.1, 0.15) is 0 Å². The maximum Gasteiger partial charge on any atom is 0.0659 e. The van der Waals surface area contributed by atoms with Crippen molar-refractivity contribution in [3.63, 3.8) is 0 Å². The van der Waals surface area contributed by atoms with E-state index in [1.165, 1.54) is 0 Å².